The SMILES string of the molecule is CCCCCCCCCC/C=C/CCCCCCCCC[N+](CC(=O)[O-])(CC(=O)O)CC(=O)O. The van der Waals surface area contributed by atoms with Crippen LogP contribution in [0.2, 0.25) is 0 Å². The summed E-state index contributed by atoms with van der Waals surface area (Å²) in [4.78, 5) is 33.4. The molecule has 0 aliphatic carbocycles. The Labute approximate surface area is 206 Å². The second-order valence-corrected chi connectivity index (χ2v) is 9.70. The molecule has 0 aliphatic heterocycles. The molecule has 34 heavy (non-hydrogen) atoms. The Morgan fingerprint density at radius 2 is 1.00 bits per heavy atom. The third kappa shape index (κ3) is 20.7. The number of allylic oxidation sites excluding steroid dienone is 2. The molecular weight excluding hydrogens is 434 g/mol. The number of rotatable bonds is 25. The van der Waals surface area contributed by atoms with Crippen molar-refractivity contribution in [3.8, 4) is 0 Å². The lowest BCUT2D eigenvalue weighted by atomic mass is 10.1. The molecule has 0 rings (SSSR count). The van der Waals surface area contributed by atoms with Gasteiger partial charge >= 0.3 is 11.9 Å². The molecule has 0 unspecified atom stereocenters. The molecule has 0 saturated heterocycles. The fourth-order valence-corrected chi connectivity index (χ4v) is 4.48. The predicted molar refractivity (Wildman–Crippen MR) is 133 cm³/mol. The first-order valence-electron chi connectivity index (χ1n) is 13.4. The van der Waals surface area contributed by atoms with Gasteiger partial charge in [0.1, 0.15) is 6.54 Å². The van der Waals surface area contributed by atoms with Crippen LogP contribution >= 0.6 is 0 Å². The Bertz CT molecular complexity index is 535. The first-order valence-corrected chi connectivity index (χ1v) is 13.4. The molecule has 198 valence electrons. The molecule has 0 aliphatic rings. The van der Waals surface area contributed by atoms with Crippen LogP contribution < -0.4 is 5.11 Å². The molecule has 0 heterocycles. The largest absolute Gasteiger partial charge is 0.544 e. The van der Waals surface area contributed by atoms with Crippen LogP contribution in [0.5, 0.6) is 0 Å². The van der Waals surface area contributed by atoms with Crippen molar-refractivity contribution in [3.05, 3.63) is 12.2 Å². The summed E-state index contributed by atoms with van der Waals surface area (Å²) in [7, 11) is 0. The number of carbonyl (C=O) groups excluding carboxylic acids is 1. The number of carboxylic acids is 3. The predicted octanol–water partition coefficient (Wildman–Crippen LogP) is 4.93. The maximum atomic E-state index is 11.2. The van der Waals surface area contributed by atoms with Crippen molar-refractivity contribution >= 4 is 17.9 Å². The van der Waals surface area contributed by atoms with Crippen LogP contribution in [-0.2, 0) is 14.4 Å². The maximum Gasteiger partial charge on any atom is 0.359 e. The second-order valence-electron chi connectivity index (χ2n) is 9.70. The van der Waals surface area contributed by atoms with Gasteiger partial charge in [0.25, 0.3) is 0 Å². The van der Waals surface area contributed by atoms with Crippen LogP contribution in [0, 0.1) is 0 Å². The van der Waals surface area contributed by atoms with Gasteiger partial charge in [-0.05, 0) is 38.5 Å². The minimum atomic E-state index is -1.42. The molecule has 0 atom stereocenters. The van der Waals surface area contributed by atoms with E-state index in [1.807, 2.05) is 0 Å². The summed E-state index contributed by atoms with van der Waals surface area (Å²) < 4.78 is -0.502. The molecule has 0 aromatic rings. The van der Waals surface area contributed by atoms with E-state index in [4.69, 9.17) is 10.2 Å². The number of hydrogen-bond acceptors (Lipinski definition) is 4. The van der Waals surface area contributed by atoms with Crippen molar-refractivity contribution in [3.63, 3.8) is 0 Å². The van der Waals surface area contributed by atoms with E-state index in [1.165, 1.54) is 70.6 Å². The normalized spacial score (nSPS) is 11.8. The number of aliphatic carboxylic acids is 3. The third-order valence-corrected chi connectivity index (χ3v) is 6.30. The summed E-state index contributed by atoms with van der Waals surface area (Å²) in [6.07, 6.45) is 24.8. The lowest BCUT2D eigenvalue weighted by molar-refractivity contribution is -0.909. The number of unbranched alkanes of at least 4 members (excludes halogenated alkanes) is 15. The van der Waals surface area contributed by atoms with E-state index in [0.717, 1.165) is 32.1 Å². The summed E-state index contributed by atoms with van der Waals surface area (Å²) >= 11 is 0. The average molecular weight is 484 g/mol. The summed E-state index contributed by atoms with van der Waals surface area (Å²) in [6, 6.07) is 0. The topological polar surface area (TPSA) is 115 Å². The highest BCUT2D eigenvalue weighted by atomic mass is 16.4. The Morgan fingerprint density at radius 1 is 0.618 bits per heavy atom. The Balaban J connectivity index is 3.78. The Kier molecular flexibility index (Phi) is 20.4. The highest BCUT2D eigenvalue weighted by molar-refractivity contribution is 5.72. The minimum Gasteiger partial charge on any atom is -0.544 e. The average Bonchev–Trinajstić information content (AvgIpc) is 2.73. The van der Waals surface area contributed by atoms with Crippen LogP contribution in [-0.4, -0.2) is 58.8 Å². The van der Waals surface area contributed by atoms with Gasteiger partial charge in [0.05, 0.1) is 12.5 Å². The molecule has 7 nitrogen and oxygen atoms in total. The van der Waals surface area contributed by atoms with Gasteiger partial charge in [-0.1, -0.05) is 89.7 Å². The van der Waals surface area contributed by atoms with E-state index < -0.39 is 42.0 Å². The molecule has 2 N–H and O–H groups in total. The van der Waals surface area contributed by atoms with Crippen LogP contribution in [0.25, 0.3) is 0 Å². The van der Waals surface area contributed by atoms with Gasteiger partial charge in [0.2, 0.25) is 0 Å². The monoisotopic (exact) mass is 483 g/mol. The summed E-state index contributed by atoms with van der Waals surface area (Å²) in [6.45, 7) is 0.837. The van der Waals surface area contributed by atoms with Crippen LogP contribution in [0.1, 0.15) is 116 Å². The highest BCUT2D eigenvalue weighted by Gasteiger charge is 2.33. The second kappa shape index (κ2) is 21.6. The zero-order valence-corrected chi connectivity index (χ0v) is 21.5. The molecule has 0 spiro atoms. The molecule has 0 amide bonds. The zero-order chi connectivity index (χ0) is 25.5. The quantitative estimate of drug-likeness (QED) is 0.108. The summed E-state index contributed by atoms with van der Waals surface area (Å²) in [5, 5.41) is 29.3. The minimum absolute atomic E-state index is 0.218. The van der Waals surface area contributed by atoms with Crippen LogP contribution in [0.3, 0.4) is 0 Å². The van der Waals surface area contributed by atoms with Gasteiger partial charge in [0.15, 0.2) is 13.1 Å². The van der Waals surface area contributed by atoms with Gasteiger partial charge in [-0.25, -0.2) is 9.59 Å². The summed E-state index contributed by atoms with van der Waals surface area (Å²) in [5.74, 6) is -3.82. The molecule has 0 saturated carbocycles. The molecule has 0 radical (unpaired) electrons. The lowest BCUT2D eigenvalue weighted by Crippen LogP contribution is -2.59. The van der Waals surface area contributed by atoms with Crippen molar-refractivity contribution in [1.82, 2.24) is 0 Å². The number of nitrogens with zero attached hydrogens (tertiary/aromatic N) is 1. The van der Waals surface area contributed by atoms with Crippen molar-refractivity contribution in [2.24, 2.45) is 0 Å². The Morgan fingerprint density at radius 3 is 1.38 bits per heavy atom. The molecule has 0 aromatic heterocycles. The molecule has 0 bridgehead atoms. The van der Waals surface area contributed by atoms with Gasteiger partial charge in [-0.2, -0.15) is 0 Å². The molecule has 0 fully saturated rings. The maximum absolute atomic E-state index is 11.2. The fourth-order valence-electron chi connectivity index (χ4n) is 4.48. The number of carboxylic acid groups (broad SMARTS) is 3. The fraction of sp³-hybridized carbons (Fsp3) is 0.815. The van der Waals surface area contributed by atoms with E-state index in [-0.39, 0.29) is 6.54 Å². The molecular formula is C27H49NO6. The lowest BCUT2D eigenvalue weighted by Gasteiger charge is -2.36. The van der Waals surface area contributed by atoms with Crippen molar-refractivity contribution in [1.29, 1.82) is 0 Å². The van der Waals surface area contributed by atoms with Gasteiger partial charge in [0, 0.05) is 0 Å². The first-order chi connectivity index (χ1) is 16.3. The number of quaternary nitrogens is 1. The number of carbonyl (C=O) groups is 3. The van der Waals surface area contributed by atoms with E-state index in [0.29, 0.717) is 6.42 Å². The zero-order valence-electron chi connectivity index (χ0n) is 21.5. The molecule has 7 heteroatoms. The standard InChI is InChI=1S/C27H49NO6/c1-2-3-4-5-6-7-8-9-10-11-12-13-14-15-16-17-18-19-20-21-28(22-25(29)30,23-26(31)32)24-27(33)34/h11-12H,2-10,13-24H2,1H3,(H2-,29,30,31,32,33,34)/b12-11+. The van der Waals surface area contributed by atoms with Crippen molar-refractivity contribution in [2.45, 2.75) is 116 Å². The van der Waals surface area contributed by atoms with Crippen LogP contribution in [0.4, 0.5) is 0 Å². The number of hydrogen-bond donors (Lipinski definition) is 2. The smallest absolute Gasteiger partial charge is 0.359 e. The van der Waals surface area contributed by atoms with Gasteiger partial charge in [-0.15, -0.1) is 0 Å². The summed E-state index contributed by atoms with van der Waals surface area (Å²) in [5.41, 5.74) is 0. The van der Waals surface area contributed by atoms with E-state index in [9.17, 15) is 19.5 Å². The van der Waals surface area contributed by atoms with E-state index >= 15 is 0 Å². The van der Waals surface area contributed by atoms with Gasteiger partial charge in [-0.3, -0.25) is 0 Å². The highest BCUT2D eigenvalue weighted by Crippen LogP contribution is 2.14. The first kappa shape index (κ1) is 32.1. The Hall–Kier alpha value is -1.89. The van der Waals surface area contributed by atoms with Gasteiger partial charge < -0.3 is 24.6 Å². The van der Waals surface area contributed by atoms with Crippen molar-refractivity contribution < 1.29 is 34.2 Å². The molecule has 0 aromatic carbocycles. The third-order valence-electron chi connectivity index (χ3n) is 6.30. The van der Waals surface area contributed by atoms with E-state index in [2.05, 4.69) is 19.1 Å². The van der Waals surface area contributed by atoms with E-state index in [1.54, 1.807) is 0 Å². The van der Waals surface area contributed by atoms with Crippen molar-refractivity contribution in [2.75, 3.05) is 26.2 Å². The van der Waals surface area contributed by atoms with Crippen LogP contribution in [0.15, 0.2) is 12.2 Å².